The van der Waals surface area contributed by atoms with Crippen LogP contribution in [0.5, 0.6) is 0 Å². The highest BCUT2D eigenvalue weighted by Gasteiger charge is 2.34. The number of pyridine rings is 1. The van der Waals surface area contributed by atoms with Gasteiger partial charge >= 0.3 is 0 Å². The molecule has 1 aliphatic heterocycles. The number of hydrogen-bond donors (Lipinski definition) is 2. The third-order valence-electron chi connectivity index (χ3n) is 7.74. The van der Waals surface area contributed by atoms with E-state index in [0.717, 1.165) is 59.3 Å². The minimum atomic E-state index is -0.205. The van der Waals surface area contributed by atoms with E-state index in [1.165, 1.54) is 24.6 Å². The molecule has 0 bridgehead atoms. The summed E-state index contributed by atoms with van der Waals surface area (Å²) < 4.78 is 2.23. The lowest BCUT2D eigenvalue weighted by Crippen LogP contribution is -2.37. The number of thioether (sulfide) groups is 1. The van der Waals surface area contributed by atoms with Crippen molar-refractivity contribution in [1.82, 2.24) is 29.7 Å². The van der Waals surface area contributed by atoms with E-state index in [2.05, 4.69) is 36.7 Å². The van der Waals surface area contributed by atoms with Gasteiger partial charge in [-0.05, 0) is 77.8 Å². The number of likely N-dealkylation sites (tertiary alicyclic amines) is 1. The highest BCUT2D eigenvalue weighted by molar-refractivity contribution is 7.98. The van der Waals surface area contributed by atoms with Crippen LogP contribution in [-0.4, -0.2) is 55.7 Å². The molecule has 0 spiro atoms. The Morgan fingerprint density at radius 3 is 2.69 bits per heavy atom. The van der Waals surface area contributed by atoms with Crippen molar-refractivity contribution < 1.29 is 4.79 Å². The van der Waals surface area contributed by atoms with E-state index in [9.17, 15) is 9.59 Å². The zero-order chi connectivity index (χ0) is 24.7. The van der Waals surface area contributed by atoms with Gasteiger partial charge < -0.3 is 19.8 Å². The molecule has 4 heterocycles. The van der Waals surface area contributed by atoms with Crippen molar-refractivity contribution in [3.05, 3.63) is 51.5 Å². The molecule has 5 rings (SSSR count). The Balaban J connectivity index is 1.41. The maximum absolute atomic E-state index is 13.5. The fourth-order valence-electron chi connectivity index (χ4n) is 5.66. The van der Waals surface area contributed by atoms with Crippen LogP contribution >= 0.6 is 11.8 Å². The summed E-state index contributed by atoms with van der Waals surface area (Å²) in [4.78, 5) is 41.2. The summed E-state index contributed by atoms with van der Waals surface area (Å²) in [7, 11) is 0. The van der Waals surface area contributed by atoms with Crippen molar-refractivity contribution in [1.29, 1.82) is 0 Å². The number of H-pyrrole nitrogens is 1. The first-order chi connectivity index (χ1) is 16.9. The number of fused-ring (bicyclic) bond motifs is 1. The normalized spacial score (nSPS) is 18.2. The van der Waals surface area contributed by atoms with Crippen LogP contribution in [0.15, 0.2) is 28.3 Å². The third-order valence-corrected chi connectivity index (χ3v) is 8.55. The van der Waals surface area contributed by atoms with Crippen LogP contribution in [0.3, 0.4) is 0 Å². The van der Waals surface area contributed by atoms with Gasteiger partial charge in [0.15, 0.2) is 0 Å². The molecule has 186 valence electrons. The van der Waals surface area contributed by atoms with Crippen LogP contribution in [0.25, 0.3) is 11.0 Å². The molecule has 35 heavy (non-hydrogen) atoms. The van der Waals surface area contributed by atoms with Gasteiger partial charge in [0.1, 0.15) is 12.0 Å². The summed E-state index contributed by atoms with van der Waals surface area (Å²) in [5.74, 6) is 0.337. The van der Waals surface area contributed by atoms with Gasteiger partial charge in [-0.2, -0.15) is 0 Å². The summed E-state index contributed by atoms with van der Waals surface area (Å²) >= 11 is 1.51. The van der Waals surface area contributed by atoms with Crippen LogP contribution in [0.2, 0.25) is 0 Å². The van der Waals surface area contributed by atoms with Crippen LogP contribution < -0.4 is 10.9 Å². The second kappa shape index (κ2) is 9.78. The average molecular weight is 495 g/mol. The number of hydrogen-bond acceptors (Lipinski definition) is 6. The highest BCUT2D eigenvalue weighted by Crippen LogP contribution is 2.37. The van der Waals surface area contributed by atoms with Crippen LogP contribution in [-0.2, 0) is 6.54 Å². The largest absolute Gasteiger partial charge is 0.348 e. The number of piperidine rings is 1. The Hall–Kier alpha value is -2.65. The summed E-state index contributed by atoms with van der Waals surface area (Å²) in [6.45, 7) is 8.59. The summed E-state index contributed by atoms with van der Waals surface area (Å²) in [5.41, 5.74) is 3.52. The molecule has 3 aromatic heterocycles. The van der Waals surface area contributed by atoms with Crippen LogP contribution in [0.1, 0.15) is 66.0 Å². The standard InChI is InChI=1S/C26H34N6O2S/c1-15-11-22(35-4)20(25(33)30-15)13-28-26(34)23-17(3)32(24-21(23)12-27-14-29-24)16(2)18-7-9-31(10-8-18)19-5-6-19/h11-12,14,16,18-19H,5-10,13H2,1-4H3,(H,28,34)(H,30,33). The monoisotopic (exact) mass is 494 g/mol. The lowest BCUT2D eigenvalue weighted by atomic mass is 9.90. The van der Waals surface area contributed by atoms with E-state index in [4.69, 9.17) is 0 Å². The predicted octanol–water partition coefficient (Wildman–Crippen LogP) is 3.82. The van der Waals surface area contributed by atoms with Gasteiger partial charge in [0.25, 0.3) is 11.5 Å². The first-order valence-electron chi connectivity index (χ1n) is 12.5. The van der Waals surface area contributed by atoms with Crippen LogP contribution in [0.4, 0.5) is 0 Å². The summed E-state index contributed by atoms with van der Waals surface area (Å²) in [6, 6.07) is 2.99. The van der Waals surface area contributed by atoms with Crippen molar-refractivity contribution in [3.8, 4) is 0 Å². The van der Waals surface area contributed by atoms with E-state index in [-0.39, 0.29) is 24.1 Å². The second-order valence-corrected chi connectivity index (χ2v) is 10.8. The summed E-state index contributed by atoms with van der Waals surface area (Å²) in [5, 5.41) is 3.75. The van der Waals surface area contributed by atoms with E-state index < -0.39 is 0 Å². The third kappa shape index (κ3) is 4.63. The number of rotatable bonds is 7. The number of carbonyl (C=O) groups excluding carboxylic acids is 1. The molecule has 9 heteroatoms. The lowest BCUT2D eigenvalue weighted by molar-refractivity contribution is 0.0950. The first-order valence-corrected chi connectivity index (χ1v) is 13.7. The molecule has 0 aromatic carbocycles. The molecule has 2 N–H and O–H groups in total. The maximum atomic E-state index is 13.5. The smallest absolute Gasteiger partial charge is 0.254 e. The van der Waals surface area contributed by atoms with Crippen LogP contribution in [0, 0.1) is 19.8 Å². The van der Waals surface area contributed by atoms with Crippen molar-refractivity contribution in [2.75, 3.05) is 19.3 Å². The minimum Gasteiger partial charge on any atom is -0.348 e. The molecule has 3 aromatic rings. The van der Waals surface area contributed by atoms with Gasteiger partial charge in [0.05, 0.1) is 10.9 Å². The number of aromatic amines is 1. The molecule has 1 unspecified atom stereocenters. The topological polar surface area (TPSA) is 95.9 Å². The molecule has 2 aliphatic rings. The van der Waals surface area contributed by atoms with E-state index in [1.54, 1.807) is 12.5 Å². The highest BCUT2D eigenvalue weighted by atomic mass is 32.2. The van der Waals surface area contributed by atoms with Crippen molar-refractivity contribution in [2.24, 2.45) is 5.92 Å². The molecular formula is C26H34N6O2S. The molecule has 0 radical (unpaired) electrons. The Kier molecular flexibility index (Phi) is 6.72. The van der Waals surface area contributed by atoms with Gasteiger partial charge in [-0.25, -0.2) is 9.97 Å². The molecule has 1 amide bonds. The Labute approximate surface area is 209 Å². The molecule has 1 atom stereocenters. The number of nitrogens with zero attached hydrogens (tertiary/aromatic N) is 4. The number of carbonyl (C=O) groups is 1. The quantitative estimate of drug-likeness (QED) is 0.485. The molecule has 1 saturated carbocycles. The number of nitrogens with one attached hydrogen (secondary N) is 2. The van der Waals surface area contributed by atoms with E-state index >= 15 is 0 Å². The predicted molar refractivity (Wildman–Crippen MR) is 139 cm³/mol. The number of amides is 1. The van der Waals surface area contributed by atoms with Gasteiger partial charge in [0.2, 0.25) is 0 Å². The van der Waals surface area contributed by atoms with Crippen molar-refractivity contribution >= 4 is 28.7 Å². The fourth-order valence-corrected chi connectivity index (χ4v) is 6.37. The molecule has 8 nitrogen and oxygen atoms in total. The maximum Gasteiger partial charge on any atom is 0.254 e. The second-order valence-electron chi connectivity index (χ2n) is 9.95. The Morgan fingerprint density at radius 2 is 2.00 bits per heavy atom. The fraction of sp³-hybridized carbons (Fsp3) is 0.538. The summed E-state index contributed by atoms with van der Waals surface area (Å²) in [6.07, 6.45) is 10.3. The first kappa shape index (κ1) is 24.1. The number of aryl methyl sites for hydroxylation is 1. The van der Waals surface area contributed by atoms with Gasteiger partial charge in [-0.15, -0.1) is 11.8 Å². The SMILES string of the molecule is CSc1cc(C)[nH]c(=O)c1CNC(=O)c1c(C)n(C(C)C2CCN(C3CC3)CC2)c2ncncc12. The minimum absolute atomic E-state index is 0.164. The number of aromatic nitrogens is 4. The molecule has 1 aliphatic carbocycles. The van der Waals surface area contributed by atoms with Crippen molar-refractivity contribution in [2.45, 2.75) is 70.0 Å². The zero-order valence-electron chi connectivity index (χ0n) is 20.9. The van der Waals surface area contributed by atoms with Crippen molar-refractivity contribution in [3.63, 3.8) is 0 Å². The zero-order valence-corrected chi connectivity index (χ0v) is 21.7. The van der Waals surface area contributed by atoms with E-state index in [0.29, 0.717) is 17.0 Å². The molecular weight excluding hydrogens is 460 g/mol. The lowest BCUT2D eigenvalue weighted by Gasteiger charge is -2.36. The average Bonchev–Trinajstić information content (AvgIpc) is 3.65. The molecule has 1 saturated heterocycles. The Bertz CT molecular complexity index is 1300. The van der Waals surface area contributed by atoms with Gasteiger partial charge in [0, 0.05) is 46.7 Å². The van der Waals surface area contributed by atoms with Gasteiger partial charge in [-0.3, -0.25) is 9.59 Å². The molecule has 2 fully saturated rings. The van der Waals surface area contributed by atoms with E-state index in [1.807, 2.05) is 26.2 Å². The Morgan fingerprint density at radius 1 is 1.26 bits per heavy atom. The van der Waals surface area contributed by atoms with Gasteiger partial charge in [-0.1, -0.05) is 0 Å².